The molecule has 1 fully saturated rings. The van der Waals surface area contributed by atoms with Crippen molar-refractivity contribution in [2.24, 2.45) is 0 Å². The molecule has 4 heteroatoms. The zero-order chi connectivity index (χ0) is 18.7. The summed E-state index contributed by atoms with van der Waals surface area (Å²) in [5.41, 5.74) is 1.97. The Hall–Kier alpha value is -1.55. The third kappa shape index (κ3) is 7.07. The van der Waals surface area contributed by atoms with Gasteiger partial charge in [-0.1, -0.05) is 70.7 Å². The van der Waals surface area contributed by atoms with Crippen molar-refractivity contribution in [2.45, 2.75) is 90.9 Å². The number of hydrogen-bond acceptors (Lipinski definition) is 3. The van der Waals surface area contributed by atoms with E-state index in [1.165, 1.54) is 6.42 Å². The fourth-order valence-electron chi connectivity index (χ4n) is 3.25. The number of aliphatic hydroxyl groups excluding tert-OH is 1. The van der Waals surface area contributed by atoms with Gasteiger partial charge in [-0.2, -0.15) is 0 Å². The summed E-state index contributed by atoms with van der Waals surface area (Å²) in [4.78, 5) is 12.0. The van der Waals surface area contributed by atoms with Crippen LogP contribution in [0.3, 0.4) is 0 Å². The van der Waals surface area contributed by atoms with E-state index in [4.69, 9.17) is 4.74 Å². The summed E-state index contributed by atoms with van der Waals surface area (Å²) in [6.45, 7) is 7.86. The van der Waals surface area contributed by atoms with E-state index in [9.17, 15) is 9.90 Å². The molecule has 142 valence electrons. The van der Waals surface area contributed by atoms with Crippen LogP contribution in [0.25, 0.3) is 0 Å². The molecule has 2 unspecified atom stereocenters. The Labute approximate surface area is 153 Å². The van der Waals surface area contributed by atoms with E-state index in [-0.39, 0.29) is 6.04 Å². The lowest BCUT2D eigenvalue weighted by Gasteiger charge is -2.25. The van der Waals surface area contributed by atoms with Crippen molar-refractivity contribution in [1.29, 1.82) is 0 Å². The van der Waals surface area contributed by atoms with Gasteiger partial charge in [0.1, 0.15) is 12.2 Å². The van der Waals surface area contributed by atoms with Crippen LogP contribution in [0, 0.1) is 0 Å². The Kier molecular flexibility index (Phi) is 10.2. The molecule has 0 saturated heterocycles. The van der Waals surface area contributed by atoms with Crippen molar-refractivity contribution in [1.82, 2.24) is 5.32 Å². The maximum Gasteiger partial charge on any atom is 0.407 e. The van der Waals surface area contributed by atoms with E-state index in [0.717, 1.165) is 49.7 Å². The van der Waals surface area contributed by atoms with Crippen molar-refractivity contribution in [3.63, 3.8) is 0 Å². The molecular formula is C21H35NO3. The summed E-state index contributed by atoms with van der Waals surface area (Å²) in [6.07, 6.45) is 5.74. The second-order valence-corrected chi connectivity index (χ2v) is 6.48. The van der Waals surface area contributed by atoms with Gasteiger partial charge in [-0.25, -0.2) is 4.79 Å². The summed E-state index contributed by atoms with van der Waals surface area (Å²) in [5, 5.41) is 13.5. The number of carbonyl (C=O) groups is 1. The molecule has 0 spiro atoms. The Morgan fingerprint density at radius 1 is 1.24 bits per heavy atom. The minimum absolute atomic E-state index is 0.216. The first kappa shape index (κ1) is 21.5. The molecule has 1 saturated carbocycles. The predicted octanol–water partition coefficient (Wildman–Crippen LogP) is 5.15. The molecule has 1 aromatic rings. The molecule has 0 heterocycles. The number of amides is 1. The molecule has 25 heavy (non-hydrogen) atoms. The largest absolute Gasteiger partial charge is 0.443 e. The first-order valence-electron chi connectivity index (χ1n) is 9.84. The zero-order valence-electron chi connectivity index (χ0n) is 16.3. The highest BCUT2D eigenvalue weighted by molar-refractivity contribution is 5.67. The molecule has 0 aromatic heterocycles. The van der Waals surface area contributed by atoms with Gasteiger partial charge in [0, 0.05) is 6.04 Å². The first-order chi connectivity index (χ1) is 12.1. The summed E-state index contributed by atoms with van der Waals surface area (Å²) in [7, 11) is 0. The third-order valence-corrected chi connectivity index (χ3v) is 4.56. The van der Waals surface area contributed by atoms with Gasteiger partial charge >= 0.3 is 6.09 Å². The SMILES string of the molecule is CC.CCCc1ccccc1C(O)C(C)OC(=O)NC1CCCCC1. The Morgan fingerprint density at radius 2 is 1.88 bits per heavy atom. The van der Waals surface area contributed by atoms with Crippen LogP contribution in [0.2, 0.25) is 0 Å². The van der Waals surface area contributed by atoms with Crippen LogP contribution in [0.4, 0.5) is 4.79 Å². The summed E-state index contributed by atoms with van der Waals surface area (Å²) >= 11 is 0. The van der Waals surface area contributed by atoms with Gasteiger partial charge in [0.05, 0.1) is 0 Å². The highest BCUT2D eigenvalue weighted by atomic mass is 16.6. The number of carbonyl (C=O) groups excluding carboxylic acids is 1. The second kappa shape index (κ2) is 11.9. The van der Waals surface area contributed by atoms with E-state index in [0.29, 0.717) is 0 Å². The molecule has 2 N–H and O–H groups in total. The molecule has 4 nitrogen and oxygen atoms in total. The summed E-state index contributed by atoms with van der Waals surface area (Å²) in [5.74, 6) is 0. The van der Waals surface area contributed by atoms with Crippen LogP contribution >= 0.6 is 0 Å². The van der Waals surface area contributed by atoms with Crippen molar-refractivity contribution >= 4 is 6.09 Å². The van der Waals surface area contributed by atoms with Crippen LogP contribution in [0.15, 0.2) is 24.3 Å². The number of ether oxygens (including phenoxy) is 1. The van der Waals surface area contributed by atoms with E-state index in [1.807, 2.05) is 38.1 Å². The topological polar surface area (TPSA) is 58.6 Å². The minimum atomic E-state index is -0.796. The van der Waals surface area contributed by atoms with Gasteiger partial charge in [-0.3, -0.25) is 0 Å². The molecule has 1 aromatic carbocycles. The molecule has 1 aliphatic carbocycles. The quantitative estimate of drug-likeness (QED) is 0.747. The van der Waals surface area contributed by atoms with Gasteiger partial charge in [0.25, 0.3) is 0 Å². The van der Waals surface area contributed by atoms with Crippen molar-refractivity contribution in [3.05, 3.63) is 35.4 Å². The summed E-state index contributed by atoms with van der Waals surface area (Å²) < 4.78 is 5.40. The average molecular weight is 350 g/mol. The Morgan fingerprint density at radius 3 is 2.52 bits per heavy atom. The summed E-state index contributed by atoms with van der Waals surface area (Å²) in [6, 6.07) is 8.04. The van der Waals surface area contributed by atoms with Crippen LogP contribution in [-0.2, 0) is 11.2 Å². The monoisotopic (exact) mass is 349 g/mol. The average Bonchev–Trinajstić information content (AvgIpc) is 2.64. The van der Waals surface area contributed by atoms with Gasteiger partial charge in [-0.15, -0.1) is 0 Å². The van der Waals surface area contributed by atoms with E-state index in [1.54, 1.807) is 6.92 Å². The van der Waals surface area contributed by atoms with Gasteiger partial charge in [-0.05, 0) is 37.3 Å². The molecule has 1 amide bonds. The standard InChI is InChI=1S/C19H29NO3.C2H6/c1-3-9-15-10-7-8-13-17(15)18(21)14(2)23-19(22)20-16-11-5-4-6-12-16;1-2/h7-8,10,13-14,16,18,21H,3-6,9,11-12H2,1-2H3,(H,20,22);1-2H3. The molecule has 0 bridgehead atoms. The number of aliphatic hydroxyl groups is 1. The van der Waals surface area contributed by atoms with Crippen LogP contribution in [0.1, 0.15) is 83.5 Å². The first-order valence-corrected chi connectivity index (χ1v) is 9.84. The maximum absolute atomic E-state index is 12.0. The lowest BCUT2D eigenvalue weighted by atomic mass is 9.96. The molecular weight excluding hydrogens is 314 g/mol. The van der Waals surface area contributed by atoms with E-state index in [2.05, 4.69) is 12.2 Å². The number of hydrogen-bond donors (Lipinski definition) is 2. The number of alkyl carbamates (subject to hydrolysis) is 1. The Balaban J connectivity index is 0.00000151. The van der Waals surface area contributed by atoms with E-state index >= 15 is 0 Å². The van der Waals surface area contributed by atoms with Gasteiger partial charge < -0.3 is 15.2 Å². The number of rotatable bonds is 6. The van der Waals surface area contributed by atoms with Gasteiger partial charge in [0.2, 0.25) is 0 Å². The Bertz CT molecular complexity index is 498. The normalized spacial score (nSPS) is 17.0. The fourth-order valence-corrected chi connectivity index (χ4v) is 3.25. The minimum Gasteiger partial charge on any atom is -0.443 e. The fraction of sp³-hybridized carbons (Fsp3) is 0.667. The maximum atomic E-state index is 12.0. The predicted molar refractivity (Wildman–Crippen MR) is 103 cm³/mol. The third-order valence-electron chi connectivity index (χ3n) is 4.56. The smallest absolute Gasteiger partial charge is 0.407 e. The van der Waals surface area contributed by atoms with Crippen LogP contribution in [-0.4, -0.2) is 23.3 Å². The van der Waals surface area contributed by atoms with E-state index < -0.39 is 18.3 Å². The lowest BCUT2D eigenvalue weighted by Crippen LogP contribution is -2.39. The van der Waals surface area contributed by atoms with Crippen molar-refractivity contribution in [3.8, 4) is 0 Å². The van der Waals surface area contributed by atoms with Crippen molar-refractivity contribution < 1.29 is 14.6 Å². The molecule has 1 aliphatic rings. The number of nitrogens with one attached hydrogen (secondary N) is 1. The van der Waals surface area contributed by atoms with Crippen LogP contribution < -0.4 is 5.32 Å². The number of benzene rings is 1. The van der Waals surface area contributed by atoms with Crippen molar-refractivity contribution in [2.75, 3.05) is 0 Å². The molecule has 0 radical (unpaired) electrons. The molecule has 2 rings (SSSR count). The molecule has 0 aliphatic heterocycles. The highest BCUT2D eigenvalue weighted by Crippen LogP contribution is 2.24. The lowest BCUT2D eigenvalue weighted by molar-refractivity contribution is 0.00983. The van der Waals surface area contributed by atoms with Gasteiger partial charge in [0.15, 0.2) is 0 Å². The van der Waals surface area contributed by atoms with Crippen LogP contribution in [0.5, 0.6) is 0 Å². The second-order valence-electron chi connectivity index (χ2n) is 6.48. The zero-order valence-corrected chi connectivity index (χ0v) is 16.3. The number of aryl methyl sites for hydroxylation is 1. The highest BCUT2D eigenvalue weighted by Gasteiger charge is 2.24. The molecule has 2 atom stereocenters.